The summed E-state index contributed by atoms with van der Waals surface area (Å²) in [6.45, 7) is 10.1. The second-order valence-electron chi connectivity index (χ2n) is 6.86. The predicted molar refractivity (Wildman–Crippen MR) is 120 cm³/mol. The van der Waals surface area contributed by atoms with Crippen molar-refractivity contribution < 1.29 is 9.90 Å². The van der Waals surface area contributed by atoms with Gasteiger partial charge in [0.2, 0.25) is 0 Å². The lowest BCUT2D eigenvalue weighted by atomic mass is 10.0. The smallest absolute Gasteiger partial charge is 0.326 e. The van der Waals surface area contributed by atoms with Gasteiger partial charge in [0.1, 0.15) is 6.04 Å². The first-order chi connectivity index (χ1) is 13.8. The summed E-state index contributed by atoms with van der Waals surface area (Å²) in [6.07, 6.45) is 8.69. The molecular formula is C23H26BrN3O2. The van der Waals surface area contributed by atoms with Crippen LogP contribution in [0.25, 0.3) is 11.4 Å². The largest absolute Gasteiger partial charge is 0.480 e. The van der Waals surface area contributed by atoms with Crippen LogP contribution in [0.5, 0.6) is 0 Å². The van der Waals surface area contributed by atoms with Crippen LogP contribution in [0.3, 0.4) is 0 Å². The molecule has 1 unspecified atom stereocenters. The molecule has 1 aromatic heterocycles. The maximum absolute atomic E-state index is 11.7. The van der Waals surface area contributed by atoms with Crippen LogP contribution >= 0.6 is 15.9 Å². The minimum absolute atomic E-state index is 0.340. The van der Waals surface area contributed by atoms with Crippen LogP contribution in [0, 0.1) is 0 Å². The highest BCUT2D eigenvalue weighted by Gasteiger charge is 2.18. The molecule has 0 saturated heterocycles. The normalized spacial score (nSPS) is 13.1. The topological polar surface area (TPSA) is 75.1 Å². The van der Waals surface area contributed by atoms with E-state index in [4.69, 9.17) is 0 Å². The summed E-state index contributed by atoms with van der Waals surface area (Å²) in [5.41, 5.74) is 4.55. The lowest BCUT2D eigenvalue weighted by Crippen LogP contribution is -2.38. The lowest BCUT2D eigenvalue weighted by Gasteiger charge is -2.18. The SMILES string of the molecule is C=C(NC(Cc1ccc(-c2ncc(Br)cn2)cc1)C(=O)O)/C(C)=C/C=C(\C)CC. The Morgan fingerprint density at radius 3 is 2.38 bits per heavy atom. The molecule has 0 aliphatic carbocycles. The molecule has 2 N–H and O–H groups in total. The first kappa shape index (κ1) is 22.6. The zero-order valence-corrected chi connectivity index (χ0v) is 18.5. The van der Waals surface area contributed by atoms with Gasteiger partial charge in [0.25, 0.3) is 0 Å². The zero-order valence-electron chi connectivity index (χ0n) is 16.9. The average Bonchev–Trinajstić information content (AvgIpc) is 2.72. The fraction of sp³-hybridized carbons (Fsp3) is 0.261. The summed E-state index contributed by atoms with van der Waals surface area (Å²) in [5.74, 6) is -0.295. The van der Waals surface area contributed by atoms with Crippen LogP contribution in [0.2, 0.25) is 0 Å². The molecule has 152 valence electrons. The molecule has 2 aromatic rings. The minimum atomic E-state index is -0.917. The number of carbonyl (C=O) groups is 1. The number of aromatic nitrogens is 2. The fourth-order valence-electron chi connectivity index (χ4n) is 2.50. The number of nitrogens with one attached hydrogen (secondary N) is 1. The number of hydrogen-bond donors (Lipinski definition) is 2. The average molecular weight is 456 g/mol. The Morgan fingerprint density at radius 2 is 1.83 bits per heavy atom. The van der Waals surface area contributed by atoms with E-state index < -0.39 is 12.0 Å². The third-order valence-electron chi connectivity index (χ3n) is 4.57. The minimum Gasteiger partial charge on any atom is -0.480 e. The molecule has 0 aliphatic heterocycles. The standard InChI is InChI=1S/C23H26BrN3O2/c1-5-15(2)6-7-16(3)17(4)27-21(23(28)29)12-18-8-10-19(11-9-18)22-25-13-20(24)14-26-22/h6-11,13-14,21,27H,4-5,12H2,1-3H3,(H,28,29)/b15-6+,16-7+. The van der Waals surface area contributed by atoms with Crippen molar-refractivity contribution >= 4 is 21.9 Å². The Hall–Kier alpha value is -2.73. The van der Waals surface area contributed by atoms with Gasteiger partial charge in [-0.15, -0.1) is 0 Å². The van der Waals surface area contributed by atoms with Gasteiger partial charge in [0.15, 0.2) is 5.82 Å². The molecule has 2 rings (SSSR count). The van der Waals surface area contributed by atoms with Gasteiger partial charge in [0.05, 0.1) is 4.47 Å². The number of carboxylic acids is 1. The van der Waals surface area contributed by atoms with Crippen molar-refractivity contribution in [2.45, 2.75) is 39.7 Å². The van der Waals surface area contributed by atoms with Gasteiger partial charge in [-0.2, -0.15) is 0 Å². The van der Waals surface area contributed by atoms with Crippen molar-refractivity contribution in [3.8, 4) is 11.4 Å². The number of nitrogens with zero attached hydrogens (tertiary/aromatic N) is 2. The van der Waals surface area contributed by atoms with Crippen molar-refractivity contribution in [1.29, 1.82) is 0 Å². The summed E-state index contributed by atoms with van der Waals surface area (Å²) >= 11 is 3.32. The Balaban J connectivity index is 2.07. The molecule has 5 nitrogen and oxygen atoms in total. The van der Waals surface area contributed by atoms with Crippen LogP contribution < -0.4 is 5.32 Å². The summed E-state index contributed by atoms with van der Waals surface area (Å²) < 4.78 is 0.818. The Bertz CT molecular complexity index is 916. The molecule has 1 aromatic carbocycles. The second-order valence-corrected chi connectivity index (χ2v) is 7.77. The highest BCUT2D eigenvalue weighted by Crippen LogP contribution is 2.18. The van der Waals surface area contributed by atoms with E-state index in [0.717, 1.165) is 27.6 Å². The number of allylic oxidation sites excluding steroid dienone is 4. The molecule has 0 amide bonds. The van der Waals surface area contributed by atoms with Crippen LogP contribution in [-0.2, 0) is 11.2 Å². The Morgan fingerprint density at radius 1 is 1.21 bits per heavy atom. The first-order valence-corrected chi connectivity index (χ1v) is 10.2. The molecule has 6 heteroatoms. The van der Waals surface area contributed by atoms with E-state index >= 15 is 0 Å². The number of hydrogen-bond acceptors (Lipinski definition) is 4. The monoisotopic (exact) mass is 455 g/mol. The highest BCUT2D eigenvalue weighted by atomic mass is 79.9. The van der Waals surface area contributed by atoms with Crippen LogP contribution in [0.1, 0.15) is 32.8 Å². The van der Waals surface area contributed by atoms with E-state index in [1.165, 1.54) is 5.57 Å². The van der Waals surface area contributed by atoms with Gasteiger partial charge in [0, 0.05) is 30.1 Å². The second kappa shape index (κ2) is 10.7. The van der Waals surface area contributed by atoms with Gasteiger partial charge in [-0.05, 0) is 47.3 Å². The van der Waals surface area contributed by atoms with Gasteiger partial charge in [-0.3, -0.25) is 0 Å². The van der Waals surface area contributed by atoms with Crippen LogP contribution in [0.4, 0.5) is 0 Å². The van der Waals surface area contributed by atoms with E-state index in [-0.39, 0.29) is 0 Å². The quantitative estimate of drug-likeness (QED) is 0.501. The molecule has 0 radical (unpaired) electrons. The maximum atomic E-state index is 11.7. The van der Waals surface area contributed by atoms with Gasteiger partial charge < -0.3 is 10.4 Å². The van der Waals surface area contributed by atoms with Crippen molar-refractivity contribution in [2.24, 2.45) is 0 Å². The number of halogens is 1. The number of benzene rings is 1. The molecule has 1 heterocycles. The molecule has 1 atom stereocenters. The predicted octanol–water partition coefficient (Wildman–Crippen LogP) is 5.31. The highest BCUT2D eigenvalue weighted by molar-refractivity contribution is 9.10. The van der Waals surface area contributed by atoms with Crippen LogP contribution in [-0.4, -0.2) is 27.1 Å². The molecule has 0 aliphatic rings. The number of aliphatic carboxylic acids is 1. The van der Waals surface area contributed by atoms with Crippen molar-refractivity contribution in [2.75, 3.05) is 0 Å². The van der Waals surface area contributed by atoms with E-state index in [1.807, 2.05) is 43.3 Å². The molecule has 0 fully saturated rings. The third-order valence-corrected chi connectivity index (χ3v) is 4.98. The summed E-state index contributed by atoms with van der Waals surface area (Å²) in [4.78, 5) is 20.3. The summed E-state index contributed by atoms with van der Waals surface area (Å²) in [6, 6.07) is 6.83. The zero-order chi connectivity index (χ0) is 21.4. The van der Waals surface area contributed by atoms with E-state index in [9.17, 15) is 9.90 Å². The van der Waals surface area contributed by atoms with Gasteiger partial charge in [-0.1, -0.05) is 55.5 Å². The first-order valence-electron chi connectivity index (χ1n) is 9.39. The summed E-state index contributed by atoms with van der Waals surface area (Å²) in [5, 5.41) is 12.7. The number of rotatable bonds is 9. The van der Waals surface area contributed by atoms with E-state index in [0.29, 0.717) is 17.9 Å². The maximum Gasteiger partial charge on any atom is 0.326 e. The Labute approximate surface area is 180 Å². The fourth-order valence-corrected chi connectivity index (χ4v) is 2.70. The van der Waals surface area contributed by atoms with Crippen molar-refractivity contribution in [1.82, 2.24) is 15.3 Å². The Kier molecular flexibility index (Phi) is 8.34. The lowest BCUT2D eigenvalue weighted by molar-refractivity contribution is -0.139. The number of carboxylic acid groups (broad SMARTS) is 1. The molecule has 0 saturated carbocycles. The van der Waals surface area contributed by atoms with Gasteiger partial charge in [-0.25, -0.2) is 14.8 Å². The van der Waals surface area contributed by atoms with Crippen molar-refractivity contribution in [3.63, 3.8) is 0 Å². The summed E-state index contributed by atoms with van der Waals surface area (Å²) in [7, 11) is 0. The molecule has 29 heavy (non-hydrogen) atoms. The van der Waals surface area contributed by atoms with Gasteiger partial charge >= 0.3 is 5.97 Å². The molecular weight excluding hydrogens is 430 g/mol. The molecule has 0 bridgehead atoms. The van der Waals surface area contributed by atoms with Crippen LogP contribution in [0.15, 0.2) is 76.7 Å². The third kappa shape index (κ3) is 6.98. The van der Waals surface area contributed by atoms with Crippen molar-refractivity contribution in [3.05, 3.63) is 82.3 Å². The molecule has 0 spiro atoms. The van der Waals surface area contributed by atoms with E-state index in [2.05, 4.69) is 51.6 Å². The van der Waals surface area contributed by atoms with E-state index in [1.54, 1.807) is 12.4 Å².